The maximum absolute atomic E-state index is 13.0. The molecule has 2 fully saturated rings. The molecule has 7 nitrogen and oxygen atoms in total. The Kier molecular flexibility index (Phi) is 6.17. The van der Waals surface area contributed by atoms with E-state index in [2.05, 4.69) is 20.2 Å². The number of rotatable bonds is 8. The van der Waals surface area contributed by atoms with Crippen molar-refractivity contribution in [3.63, 3.8) is 0 Å². The summed E-state index contributed by atoms with van der Waals surface area (Å²) in [7, 11) is 0. The molecule has 0 spiro atoms. The largest absolute Gasteiger partial charge is 0.378 e. The molecule has 3 aromatic rings. The molecule has 0 bridgehead atoms. The number of aromatic nitrogens is 2. The average molecular weight is 473 g/mol. The summed E-state index contributed by atoms with van der Waals surface area (Å²) in [6.07, 6.45) is 8.07. The second-order valence-electron chi connectivity index (χ2n) is 8.45. The minimum Gasteiger partial charge on any atom is -0.378 e. The van der Waals surface area contributed by atoms with Gasteiger partial charge in [-0.25, -0.2) is 0 Å². The molecule has 1 saturated heterocycles. The molecule has 1 aliphatic heterocycles. The number of pyridine rings is 1. The lowest BCUT2D eigenvalue weighted by Gasteiger charge is -2.21. The van der Waals surface area contributed by atoms with Gasteiger partial charge >= 0.3 is 0 Å². The fourth-order valence-electron chi connectivity index (χ4n) is 4.01. The molecule has 3 aromatic heterocycles. The molecule has 0 aromatic carbocycles. The van der Waals surface area contributed by atoms with Crippen LogP contribution < -0.4 is 10.6 Å². The Hall–Kier alpha value is -2.42. The number of halogens is 1. The highest BCUT2D eigenvalue weighted by Crippen LogP contribution is 2.24. The van der Waals surface area contributed by atoms with Crippen LogP contribution in [0.2, 0.25) is 5.02 Å². The number of nitrogens with one attached hydrogen (secondary N) is 2. The van der Waals surface area contributed by atoms with Gasteiger partial charge in [0, 0.05) is 36.3 Å². The molecule has 1 saturated carbocycles. The van der Waals surface area contributed by atoms with E-state index in [1.807, 2.05) is 30.5 Å². The summed E-state index contributed by atoms with van der Waals surface area (Å²) in [6.45, 7) is 1.34. The predicted molar refractivity (Wildman–Crippen MR) is 124 cm³/mol. The molecule has 2 atom stereocenters. The standard InChI is InChI=1S/C23H25ClN4O3S/c24-14-10-20-18(25-12-14)7-8-28(20)13-17-5-6-21(32-17)23(30)27-19(11-16-2-1-9-31-16)22(29)26-15-3-4-15/h5-8,10,12,15-16,19H,1-4,9,11,13H2,(H,26,29)(H,27,30)/t16-,19+/m1/s1. The van der Waals surface area contributed by atoms with Crippen molar-refractivity contribution < 1.29 is 14.3 Å². The second-order valence-corrected chi connectivity index (χ2v) is 10.1. The van der Waals surface area contributed by atoms with Gasteiger partial charge in [-0.05, 0) is 49.9 Å². The van der Waals surface area contributed by atoms with Crippen molar-refractivity contribution in [2.24, 2.45) is 0 Å². The quantitative estimate of drug-likeness (QED) is 0.523. The molecule has 4 heterocycles. The fraction of sp³-hybridized carbons (Fsp3) is 0.435. The van der Waals surface area contributed by atoms with E-state index < -0.39 is 6.04 Å². The van der Waals surface area contributed by atoms with Crippen LogP contribution in [0.25, 0.3) is 11.0 Å². The Morgan fingerprint density at radius 1 is 1.28 bits per heavy atom. The summed E-state index contributed by atoms with van der Waals surface area (Å²) in [4.78, 5) is 31.6. The second kappa shape index (κ2) is 9.21. The molecule has 1 aliphatic carbocycles. The zero-order valence-electron chi connectivity index (χ0n) is 17.6. The van der Waals surface area contributed by atoms with Crippen molar-refractivity contribution in [2.45, 2.75) is 56.8 Å². The van der Waals surface area contributed by atoms with Crippen LogP contribution in [-0.4, -0.2) is 46.2 Å². The normalized spacial score (nSPS) is 19.2. The zero-order valence-corrected chi connectivity index (χ0v) is 19.1. The number of carbonyl (C=O) groups is 2. The average Bonchev–Trinajstić information content (AvgIpc) is 3.16. The third-order valence-corrected chi connectivity index (χ3v) is 7.14. The minimum absolute atomic E-state index is 0.0200. The van der Waals surface area contributed by atoms with Gasteiger partial charge in [-0.3, -0.25) is 14.6 Å². The van der Waals surface area contributed by atoms with Gasteiger partial charge in [0.15, 0.2) is 0 Å². The molecule has 2 N–H and O–H groups in total. The molecule has 0 unspecified atom stereocenters. The van der Waals surface area contributed by atoms with Crippen molar-refractivity contribution in [3.8, 4) is 0 Å². The van der Waals surface area contributed by atoms with Crippen LogP contribution >= 0.6 is 22.9 Å². The van der Waals surface area contributed by atoms with E-state index in [-0.39, 0.29) is 24.0 Å². The van der Waals surface area contributed by atoms with Crippen molar-refractivity contribution in [1.29, 1.82) is 0 Å². The molecular formula is C23H25ClN4O3S. The highest BCUT2D eigenvalue weighted by atomic mass is 35.5. The van der Waals surface area contributed by atoms with Crippen molar-refractivity contribution in [1.82, 2.24) is 20.2 Å². The SMILES string of the molecule is O=C(N[C@@H](C[C@H]1CCCO1)C(=O)NC1CC1)c1ccc(Cn2ccc3ncc(Cl)cc32)s1. The van der Waals surface area contributed by atoms with Gasteiger partial charge in [-0.2, -0.15) is 0 Å². The first kappa shape index (κ1) is 21.4. The Morgan fingerprint density at radius 2 is 2.16 bits per heavy atom. The van der Waals surface area contributed by atoms with Crippen LogP contribution in [0.5, 0.6) is 0 Å². The Labute approximate surface area is 195 Å². The first-order valence-corrected chi connectivity index (χ1v) is 12.2. The molecule has 0 radical (unpaired) electrons. The monoisotopic (exact) mass is 472 g/mol. The lowest BCUT2D eigenvalue weighted by Crippen LogP contribution is -2.48. The number of hydrogen-bond donors (Lipinski definition) is 2. The number of fused-ring (bicyclic) bond motifs is 1. The van der Waals surface area contributed by atoms with Crippen LogP contribution in [0.1, 0.15) is 46.7 Å². The number of thiophene rings is 1. The van der Waals surface area contributed by atoms with Crippen LogP contribution in [0, 0.1) is 0 Å². The smallest absolute Gasteiger partial charge is 0.262 e. The number of carbonyl (C=O) groups excluding carboxylic acids is 2. The number of amides is 2. The number of nitrogens with zero attached hydrogens (tertiary/aromatic N) is 2. The summed E-state index contributed by atoms with van der Waals surface area (Å²) in [5, 5.41) is 6.55. The van der Waals surface area contributed by atoms with Crippen molar-refractivity contribution in [2.75, 3.05) is 6.61 Å². The maximum Gasteiger partial charge on any atom is 0.262 e. The summed E-state index contributed by atoms with van der Waals surface area (Å²) in [6, 6.07) is 7.26. The first-order chi connectivity index (χ1) is 15.5. The Balaban J connectivity index is 1.26. The van der Waals surface area contributed by atoms with E-state index in [4.69, 9.17) is 16.3 Å². The van der Waals surface area contributed by atoms with Gasteiger partial charge in [0.1, 0.15) is 6.04 Å². The molecule has 2 aliphatic rings. The summed E-state index contributed by atoms with van der Waals surface area (Å²) < 4.78 is 7.76. The lowest BCUT2D eigenvalue weighted by molar-refractivity contribution is -0.124. The van der Waals surface area contributed by atoms with Gasteiger partial charge in [-0.1, -0.05) is 11.6 Å². The van der Waals surface area contributed by atoms with E-state index in [1.165, 1.54) is 11.3 Å². The Bertz CT molecular complexity index is 1130. The molecule has 9 heteroatoms. The van der Waals surface area contributed by atoms with E-state index in [9.17, 15) is 9.59 Å². The van der Waals surface area contributed by atoms with Crippen LogP contribution in [0.3, 0.4) is 0 Å². The van der Waals surface area contributed by atoms with Crippen molar-refractivity contribution in [3.05, 3.63) is 51.4 Å². The minimum atomic E-state index is -0.585. The Morgan fingerprint density at radius 3 is 2.94 bits per heavy atom. The van der Waals surface area contributed by atoms with Gasteiger partial charge in [-0.15, -0.1) is 11.3 Å². The number of hydrogen-bond acceptors (Lipinski definition) is 5. The lowest BCUT2D eigenvalue weighted by atomic mass is 10.1. The molecular weight excluding hydrogens is 448 g/mol. The van der Waals surface area contributed by atoms with Gasteiger partial charge < -0.3 is 19.9 Å². The summed E-state index contributed by atoms with van der Waals surface area (Å²) in [5.74, 6) is -0.339. The first-order valence-electron chi connectivity index (χ1n) is 11.0. The molecule has 168 valence electrons. The fourth-order valence-corrected chi connectivity index (χ4v) is 5.07. The van der Waals surface area contributed by atoms with E-state index in [0.717, 1.165) is 48.2 Å². The topological polar surface area (TPSA) is 85.2 Å². The van der Waals surface area contributed by atoms with E-state index in [1.54, 1.807) is 6.20 Å². The van der Waals surface area contributed by atoms with E-state index >= 15 is 0 Å². The summed E-state index contributed by atoms with van der Waals surface area (Å²) >= 11 is 7.52. The van der Waals surface area contributed by atoms with Gasteiger partial charge in [0.2, 0.25) is 5.91 Å². The molecule has 2 amide bonds. The third kappa shape index (κ3) is 4.98. The highest BCUT2D eigenvalue weighted by molar-refractivity contribution is 7.14. The molecule has 5 rings (SSSR count). The van der Waals surface area contributed by atoms with Gasteiger partial charge in [0.25, 0.3) is 5.91 Å². The highest BCUT2D eigenvalue weighted by Gasteiger charge is 2.31. The van der Waals surface area contributed by atoms with Crippen LogP contribution in [0.4, 0.5) is 0 Å². The van der Waals surface area contributed by atoms with Crippen molar-refractivity contribution >= 4 is 45.8 Å². The van der Waals surface area contributed by atoms with E-state index in [0.29, 0.717) is 22.9 Å². The number of ether oxygens (including phenoxy) is 1. The summed E-state index contributed by atoms with van der Waals surface area (Å²) in [5.41, 5.74) is 1.83. The maximum atomic E-state index is 13.0. The molecule has 32 heavy (non-hydrogen) atoms. The van der Waals surface area contributed by atoms with Crippen LogP contribution in [0.15, 0.2) is 36.7 Å². The van der Waals surface area contributed by atoms with Gasteiger partial charge in [0.05, 0.1) is 33.6 Å². The predicted octanol–water partition coefficient (Wildman–Crippen LogP) is 3.75. The third-order valence-electron chi connectivity index (χ3n) is 5.87. The zero-order chi connectivity index (χ0) is 22.1. The van der Waals surface area contributed by atoms with Crippen LogP contribution in [-0.2, 0) is 16.1 Å².